The van der Waals surface area contributed by atoms with Crippen LogP contribution in [0.1, 0.15) is 24.0 Å². The van der Waals surface area contributed by atoms with Gasteiger partial charge >= 0.3 is 0 Å². The van der Waals surface area contributed by atoms with Gasteiger partial charge in [-0.3, -0.25) is 0 Å². The van der Waals surface area contributed by atoms with Crippen LogP contribution in [-0.2, 0) is 12.5 Å². The Labute approximate surface area is 81.4 Å². The zero-order valence-corrected chi connectivity index (χ0v) is 7.71. The second-order valence-corrected chi connectivity index (χ2v) is 3.76. The molecule has 1 aromatic carbocycles. The minimum absolute atomic E-state index is 0.0338. The molecule has 3 heteroatoms. The van der Waals surface area contributed by atoms with Crippen molar-refractivity contribution in [3.8, 4) is 0 Å². The zero-order chi connectivity index (χ0) is 10.2. The number of aliphatic hydroxyl groups is 1. The third-order valence-corrected chi connectivity index (χ3v) is 2.58. The number of benzene rings is 1. The molecule has 1 aliphatic carbocycles. The lowest BCUT2D eigenvalue weighted by atomic mass is 10.0. The number of rotatable bonds is 3. The lowest BCUT2D eigenvalue weighted by Crippen LogP contribution is -2.16. The molecule has 0 aromatic heterocycles. The predicted molar refractivity (Wildman–Crippen MR) is 49.0 cm³/mol. The highest BCUT2D eigenvalue weighted by molar-refractivity contribution is 5.27. The van der Waals surface area contributed by atoms with E-state index >= 15 is 0 Å². The van der Waals surface area contributed by atoms with E-state index in [0.717, 1.165) is 0 Å². The van der Waals surface area contributed by atoms with E-state index < -0.39 is 11.8 Å². The quantitative estimate of drug-likeness (QED) is 0.791. The van der Waals surface area contributed by atoms with Gasteiger partial charge < -0.3 is 5.11 Å². The van der Waals surface area contributed by atoms with E-state index in [2.05, 4.69) is 0 Å². The first-order chi connectivity index (χ1) is 6.64. The molecule has 0 heterocycles. The molecule has 1 aliphatic rings. The first kappa shape index (κ1) is 9.59. The Hall–Kier alpha value is -0.960. The molecule has 1 aromatic rings. The van der Waals surface area contributed by atoms with Gasteiger partial charge in [-0.25, -0.2) is 8.78 Å². The Kier molecular flexibility index (Phi) is 2.27. The molecule has 14 heavy (non-hydrogen) atoms. The van der Waals surface area contributed by atoms with Gasteiger partial charge in [0.15, 0.2) is 0 Å². The van der Waals surface area contributed by atoms with E-state index in [1.54, 1.807) is 12.1 Å². The molecule has 0 radical (unpaired) electrons. The van der Waals surface area contributed by atoms with E-state index in [0.29, 0.717) is 18.4 Å². The van der Waals surface area contributed by atoms with Gasteiger partial charge in [0.05, 0.1) is 6.61 Å². The molecule has 2 rings (SSSR count). The van der Waals surface area contributed by atoms with Gasteiger partial charge in [0, 0.05) is 11.5 Å². The molecular weight excluding hydrogens is 186 g/mol. The zero-order valence-electron chi connectivity index (χ0n) is 7.71. The van der Waals surface area contributed by atoms with Crippen molar-refractivity contribution < 1.29 is 13.9 Å². The van der Waals surface area contributed by atoms with Crippen molar-refractivity contribution >= 4 is 0 Å². The summed E-state index contributed by atoms with van der Waals surface area (Å²) < 4.78 is 27.2. The second kappa shape index (κ2) is 3.31. The van der Waals surface area contributed by atoms with Crippen LogP contribution in [0.4, 0.5) is 8.78 Å². The Morgan fingerprint density at radius 1 is 1.36 bits per heavy atom. The van der Waals surface area contributed by atoms with Crippen LogP contribution in [0.3, 0.4) is 0 Å². The molecule has 1 N–H and O–H groups in total. The van der Waals surface area contributed by atoms with E-state index in [1.165, 1.54) is 12.1 Å². The highest BCUT2D eigenvalue weighted by atomic mass is 19.3. The van der Waals surface area contributed by atoms with Crippen molar-refractivity contribution in [2.45, 2.75) is 25.4 Å². The predicted octanol–water partition coefficient (Wildman–Crippen LogP) is 2.68. The Bertz CT molecular complexity index is 332. The minimum atomic E-state index is -2.72. The fraction of sp³-hybridized carbons (Fsp3) is 0.455. The van der Waals surface area contributed by atoms with E-state index in [1.807, 2.05) is 0 Å². The summed E-state index contributed by atoms with van der Waals surface area (Å²) in [7, 11) is 0. The molecule has 1 nitrogen and oxygen atoms in total. The van der Waals surface area contributed by atoms with Crippen molar-refractivity contribution in [2.24, 2.45) is 5.92 Å². The molecule has 76 valence electrons. The molecule has 1 fully saturated rings. The van der Waals surface area contributed by atoms with Gasteiger partial charge in [0.1, 0.15) is 0 Å². The summed E-state index contributed by atoms with van der Waals surface area (Å²) in [4.78, 5) is 0. The van der Waals surface area contributed by atoms with Crippen molar-refractivity contribution in [3.05, 3.63) is 35.4 Å². The SMILES string of the molecule is OCc1cccc(C(F)(F)C2CC2)c1. The van der Waals surface area contributed by atoms with Crippen LogP contribution in [0.25, 0.3) is 0 Å². The fourth-order valence-electron chi connectivity index (χ4n) is 1.56. The molecule has 0 bridgehead atoms. The smallest absolute Gasteiger partial charge is 0.276 e. The third kappa shape index (κ3) is 1.64. The topological polar surface area (TPSA) is 20.2 Å². The van der Waals surface area contributed by atoms with Crippen molar-refractivity contribution in [2.75, 3.05) is 0 Å². The van der Waals surface area contributed by atoms with E-state index in [9.17, 15) is 8.78 Å². The van der Waals surface area contributed by atoms with Gasteiger partial charge in [-0.05, 0) is 24.5 Å². The molecule has 0 amide bonds. The Balaban J connectivity index is 2.30. The van der Waals surface area contributed by atoms with Crippen LogP contribution < -0.4 is 0 Å². The summed E-state index contributed by atoms with van der Waals surface area (Å²) in [5, 5.41) is 8.84. The van der Waals surface area contributed by atoms with Crippen LogP contribution >= 0.6 is 0 Å². The fourth-order valence-corrected chi connectivity index (χ4v) is 1.56. The summed E-state index contributed by atoms with van der Waals surface area (Å²) in [6, 6.07) is 6.03. The Morgan fingerprint density at radius 2 is 2.07 bits per heavy atom. The Morgan fingerprint density at radius 3 is 2.64 bits per heavy atom. The normalized spacial score (nSPS) is 17.1. The van der Waals surface area contributed by atoms with Gasteiger partial charge in [0.25, 0.3) is 5.92 Å². The number of alkyl halides is 2. The van der Waals surface area contributed by atoms with Gasteiger partial charge in [-0.2, -0.15) is 0 Å². The van der Waals surface area contributed by atoms with Gasteiger partial charge in [-0.15, -0.1) is 0 Å². The second-order valence-electron chi connectivity index (χ2n) is 3.76. The summed E-state index contributed by atoms with van der Waals surface area (Å²) in [6.07, 6.45) is 1.21. The molecule has 0 spiro atoms. The molecule has 0 atom stereocenters. The van der Waals surface area contributed by atoms with Crippen LogP contribution in [0.15, 0.2) is 24.3 Å². The first-order valence-electron chi connectivity index (χ1n) is 4.72. The van der Waals surface area contributed by atoms with Crippen molar-refractivity contribution in [1.29, 1.82) is 0 Å². The summed E-state index contributed by atoms with van der Waals surface area (Å²) in [5.74, 6) is -3.21. The molecule has 0 saturated heterocycles. The maximum absolute atomic E-state index is 13.6. The lowest BCUT2D eigenvalue weighted by molar-refractivity contribution is -0.0286. The highest BCUT2D eigenvalue weighted by Gasteiger charge is 2.47. The number of hydrogen-bond donors (Lipinski definition) is 1. The summed E-state index contributed by atoms with van der Waals surface area (Å²) >= 11 is 0. The maximum atomic E-state index is 13.6. The number of aliphatic hydroxyl groups excluding tert-OH is 1. The van der Waals surface area contributed by atoms with Crippen molar-refractivity contribution in [3.63, 3.8) is 0 Å². The van der Waals surface area contributed by atoms with Crippen molar-refractivity contribution in [1.82, 2.24) is 0 Å². The van der Waals surface area contributed by atoms with E-state index in [4.69, 9.17) is 5.11 Å². The number of halogens is 2. The van der Waals surface area contributed by atoms with Gasteiger partial charge in [0.2, 0.25) is 0 Å². The third-order valence-electron chi connectivity index (χ3n) is 2.58. The molecule has 0 unspecified atom stereocenters. The highest BCUT2D eigenvalue weighted by Crippen LogP contribution is 2.49. The average Bonchev–Trinajstić information content (AvgIpc) is 3.01. The minimum Gasteiger partial charge on any atom is -0.392 e. The summed E-state index contributed by atoms with van der Waals surface area (Å²) in [6.45, 7) is -0.186. The first-order valence-corrected chi connectivity index (χ1v) is 4.72. The van der Waals surface area contributed by atoms with Crippen LogP contribution in [0.5, 0.6) is 0 Å². The molecule has 1 saturated carbocycles. The van der Waals surface area contributed by atoms with E-state index in [-0.39, 0.29) is 12.2 Å². The molecular formula is C11H12F2O. The van der Waals surface area contributed by atoms with Crippen LogP contribution in [0.2, 0.25) is 0 Å². The standard InChI is InChI=1S/C11H12F2O/c12-11(13,9-4-5-9)10-3-1-2-8(6-10)7-14/h1-3,6,9,14H,4-5,7H2. The monoisotopic (exact) mass is 198 g/mol. The maximum Gasteiger partial charge on any atom is 0.276 e. The molecule has 0 aliphatic heterocycles. The van der Waals surface area contributed by atoms with Gasteiger partial charge in [-0.1, -0.05) is 18.2 Å². The largest absolute Gasteiger partial charge is 0.392 e. The van der Waals surface area contributed by atoms with Crippen LogP contribution in [-0.4, -0.2) is 5.11 Å². The summed E-state index contributed by atoms with van der Waals surface area (Å²) in [5.41, 5.74) is 0.578. The number of hydrogen-bond acceptors (Lipinski definition) is 1. The average molecular weight is 198 g/mol. The van der Waals surface area contributed by atoms with Crippen LogP contribution in [0, 0.1) is 5.92 Å². The lowest BCUT2D eigenvalue weighted by Gasteiger charge is -2.16.